The minimum atomic E-state index is -0.408. The zero-order chi connectivity index (χ0) is 66.5. The second-order valence-electron chi connectivity index (χ2n) is 24.3. The lowest BCUT2D eigenvalue weighted by atomic mass is 9.99. The lowest BCUT2D eigenvalue weighted by molar-refractivity contribution is -0.114. The van der Waals surface area contributed by atoms with E-state index in [1.165, 1.54) is 77.0 Å². The van der Waals surface area contributed by atoms with E-state index < -0.39 is 11.8 Å². The molecule has 0 aromatic heterocycles. The van der Waals surface area contributed by atoms with Gasteiger partial charge in [-0.2, -0.15) is 0 Å². The molecule has 0 aliphatic rings. The Morgan fingerprint density at radius 1 is 0.344 bits per heavy atom. The van der Waals surface area contributed by atoms with Crippen LogP contribution in [-0.4, -0.2) is 39.2 Å². The number of amides is 2. The van der Waals surface area contributed by atoms with E-state index in [0.29, 0.717) is 58.3 Å². The SMILES string of the molecule is CCCCCCCCCCOc1ccc(CN(C(=O)C#Cc2c(C#Cc3ccccc3OC)ccc3ccccc23)c2ccc3ccc(N(Cc4ccc(OCCCCCCCCCC)cc4)C(=O)C#Cc4c(C#Cc5ccccc5OC)ccc5ccccc45)cc3c2)cc1. The smallest absolute Gasteiger partial charge is 0.303 e. The van der Waals surface area contributed by atoms with E-state index in [-0.39, 0.29) is 13.1 Å². The van der Waals surface area contributed by atoms with Crippen molar-refractivity contribution in [3.05, 3.63) is 251 Å². The molecule has 10 aromatic carbocycles. The van der Waals surface area contributed by atoms with Crippen molar-refractivity contribution in [1.29, 1.82) is 0 Å². The molecule has 0 atom stereocenters. The third kappa shape index (κ3) is 19.3. The Hall–Kier alpha value is -10.6. The quantitative estimate of drug-likeness (QED) is 0.0359. The maximum absolute atomic E-state index is 15.2. The van der Waals surface area contributed by atoms with Crippen LogP contribution < -0.4 is 28.7 Å². The van der Waals surface area contributed by atoms with Crippen LogP contribution in [0.4, 0.5) is 11.4 Å². The van der Waals surface area contributed by atoms with Crippen LogP contribution in [0.2, 0.25) is 0 Å². The lowest BCUT2D eigenvalue weighted by Crippen LogP contribution is -2.29. The molecule has 0 saturated heterocycles. The van der Waals surface area contributed by atoms with Gasteiger partial charge in [0.05, 0.1) is 51.6 Å². The summed E-state index contributed by atoms with van der Waals surface area (Å²) in [5.41, 5.74) is 7.19. The fourth-order valence-electron chi connectivity index (χ4n) is 11.9. The largest absolute Gasteiger partial charge is 0.495 e. The molecular formula is C88H86N2O6. The van der Waals surface area contributed by atoms with E-state index in [1.807, 2.05) is 206 Å². The average molecular weight is 1270 g/mol. The first-order valence-electron chi connectivity index (χ1n) is 34.3. The van der Waals surface area contributed by atoms with Gasteiger partial charge in [-0.15, -0.1) is 0 Å². The summed E-state index contributed by atoms with van der Waals surface area (Å²) in [6, 6.07) is 67.2. The van der Waals surface area contributed by atoms with Gasteiger partial charge in [-0.1, -0.05) is 261 Å². The fourth-order valence-corrected chi connectivity index (χ4v) is 11.9. The number of hydrogen-bond acceptors (Lipinski definition) is 6. The first-order chi connectivity index (χ1) is 47.3. The number of unbranched alkanes of at least 4 members (excludes halogenated alkanes) is 14. The topological polar surface area (TPSA) is 77.5 Å². The zero-order valence-corrected chi connectivity index (χ0v) is 56.1. The number of anilines is 2. The Kier molecular flexibility index (Phi) is 25.7. The first kappa shape index (κ1) is 68.2. The molecule has 0 bridgehead atoms. The van der Waals surface area contributed by atoms with Crippen LogP contribution in [0.5, 0.6) is 23.0 Å². The van der Waals surface area contributed by atoms with E-state index in [9.17, 15) is 0 Å². The molecular weight excluding hydrogens is 1180 g/mol. The molecule has 8 heteroatoms. The number of benzene rings is 10. The number of carbonyl (C=O) groups excluding carboxylic acids is 2. The molecule has 8 nitrogen and oxygen atoms in total. The Morgan fingerprint density at radius 3 is 1.12 bits per heavy atom. The highest BCUT2D eigenvalue weighted by Gasteiger charge is 2.20. The summed E-state index contributed by atoms with van der Waals surface area (Å²) >= 11 is 0. The molecule has 2 amide bonds. The van der Waals surface area contributed by atoms with Gasteiger partial charge >= 0.3 is 11.8 Å². The number of rotatable bonds is 28. The highest BCUT2D eigenvalue weighted by atomic mass is 16.5. The number of fused-ring (bicyclic) bond motifs is 3. The van der Waals surface area contributed by atoms with Gasteiger partial charge in [0.25, 0.3) is 0 Å². The van der Waals surface area contributed by atoms with Crippen LogP contribution in [0.1, 0.15) is 161 Å². The highest BCUT2D eigenvalue weighted by Crippen LogP contribution is 2.31. The zero-order valence-electron chi connectivity index (χ0n) is 56.1. The molecule has 484 valence electrons. The molecule has 0 aliphatic heterocycles. The average Bonchev–Trinajstić information content (AvgIpc) is 0.849. The van der Waals surface area contributed by atoms with E-state index in [1.54, 1.807) is 24.0 Å². The maximum atomic E-state index is 15.2. The Labute approximate surface area is 569 Å². The summed E-state index contributed by atoms with van der Waals surface area (Å²) in [6.45, 7) is 6.23. The van der Waals surface area contributed by atoms with Crippen molar-refractivity contribution in [1.82, 2.24) is 0 Å². The molecule has 0 heterocycles. The minimum Gasteiger partial charge on any atom is -0.495 e. The molecule has 0 saturated carbocycles. The molecule has 0 fully saturated rings. The van der Waals surface area contributed by atoms with Crippen molar-refractivity contribution in [3.8, 4) is 70.4 Å². The summed E-state index contributed by atoms with van der Waals surface area (Å²) in [5.74, 6) is 28.2. The molecule has 0 aliphatic carbocycles. The van der Waals surface area contributed by atoms with Gasteiger partial charge in [0.2, 0.25) is 0 Å². The molecule has 0 N–H and O–H groups in total. The van der Waals surface area contributed by atoms with E-state index >= 15 is 9.59 Å². The van der Waals surface area contributed by atoms with E-state index in [2.05, 4.69) is 61.2 Å². The Balaban J connectivity index is 0.990. The van der Waals surface area contributed by atoms with Crippen LogP contribution in [0, 0.1) is 47.4 Å². The van der Waals surface area contributed by atoms with Gasteiger partial charge in [0.15, 0.2) is 0 Å². The van der Waals surface area contributed by atoms with Crippen molar-refractivity contribution in [2.75, 3.05) is 37.2 Å². The number of carbonyl (C=O) groups is 2. The normalized spacial score (nSPS) is 10.7. The summed E-state index contributed by atoms with van der Waals surface area (Å²) in [4.78, 5) is 33.8. The fraction of sp³-hybridized carbons (Fsp3) is 0.273. The second kappa shape index (κ2) is 36.1. The molecule has 0 unspecified atom stereocenters. The molecule has 0 spiro atoms. The number of ether oxygens (including phenoxy) is 4. The summed E-state index contributed by atoms with van der Waals surface area (Å²) in [6.07, 6.45) is 19.6. The van der Waals surface area contributed by atoms with Crippen LogP contribution in [0.25, 0.3) is 32.3 Å². The number of methoxy groups -OCH3 is 2. The predicted molar refractivity (Wildman–Crippen MR) is 395 cm³/mol. The van der Waals surface area contributed by atoms with Crippen LogP contribution in [-0.2, 0) is 22.7 Å². The van der Waals surface area contributed by atoms with Gasteiger partial charge in [-0.25, -0.2) is 0 Å². The van der Waals surface area contributed by atoms with Gasteiger partial charge in [0, 0.05) is 45.5 Å². The van der Waals surface area contributed by atoms with Gasteiger partial charge in [-0.3, -0.25) is 19.4 Å². The maximum Gasteiger partial charge on any atom is 0.303 e. The monoisotopic (exact) mass is 1270 g/mol. The third-order valence-electron chi connectivity index (χ3n) is 17.3. The molecule has 96 heavy (non-hydrogen) atoms. The highest BCUT2D eigenvalue weighted by molar-refractivity contribution is 6.09. The van der Waals surface area contributed by atoms with Crippen LogP contribution in [0.3, 0.4) is 0 Å². The summed E-state index contributed by atoms with van der Waals surface area (Å²) in [5, 5.41) is 5.45. The van der Waals surface area contributed by atoms with Gasteiger partial charge in [0.1, 0.15) is 23.0 Å². The predicted octanol–water partition coefficient (Wildman–Crippen LogP) is 20.2. The third-order valence-corrected chi connectivity index (χ3v) is 17.3. The van der Waals surface area contributed by atoms with Crippen molar-refractivity contribution >= 4 is 55.5 Å². The van der Waals surface area contributed by atoms with Crippen molar-refractivity contribution in [3.63, 3.8) is 0 Å². The molecule has 10 aromatic rings. The van der Waals surface area contributed by atoms with Crippen LogP contribution in [0.15, 0.2) is 206 Å². The van der Waals surface area contributed by atoms with E-state index in [4.69, 9.17) is 18.9 Å². The first-order valence-corrected chi connectivity index (χ1v) is 34.3. The molecule has 0 radical (unpaired) electrons. The number of para-hydroxylation sites is 2. The number of nitrogens with zero attached hydrogens (tertiary/aromatic N) is 2. The lowest BCUT2D eigenvalue weighted by Gasteiger charge is -2.23. The van der Waals surface area contributed by atoms with Gasteiger partial charge < -0.3 is 18.9 Å². The minimum absolute atomic E-state index is 0.214. The second-order valence-corrected chi connectivity index (χ2v) is 24.3. The summed E-state index contributed by atoms with van der Waals surface area (Å²) < 4.78 is 23.7. The Morgan fingerprint density at radius 2 is 0.708 bits per heavy atom. The van der Waals surface area contributed by atoms with E-state index in [0.717, 1.165) is 91.8 Å². The van der Waals surface area contributed by atoms with Crippen LogP contribution >= 0.6 is 0 Å². The van der Waals surface area contributed by atoms with Crippen molar-refractivity contribution in [2.24, 2.45) is 0 Å². The van der Waals surface area contributed by atoms with Crippen molar-refractivity contribution in [2.45, 2.75) is 130 Å². The van der Waals surface area contributed by atoms with Gasteiger partial charge in [-0.05, 0) is 141 Å². The number of hydrogen-bond donors (Lipinski definition) is 0. The van der Waals surface area contributed by atoms with Crippen molar-refractivity contribution < 1.29 is 28.5 Å². The summed E-state index contributed by atoms with van der Waals surface area (Å²) in [7, 11) is 3.27. The molecule has 10 rings (SSSR count). The standard InChI is InChI=1S/C88H86N2O6/c1-5-7-9-11-13-15-17-27-61-95-79-53-37-67(38-54-79)65-89(87(91)59-57-83-72(43-41-70-29-19-23-33-81(70)83)45-47-74-31-21-25-35-85(74)93-3)77-51-49-69-50-52-78(64-76(69)63-77)90(66-68-39-55-80(56-40-68)96-62-28-18-16-14-12-10-8-6-2)88(92)60-58-84-73(44-42-71-30-20-24-34-82(71)84)46-48-75-32-22-26-36-86(75)94-4/h19-26,29-44,49-56,63-64H,5-18,27-28,61-62,65-66H2,1-4H3. The Bertz CT molecular complexity index is 4240.